The van der Waals surface area contributed by atoms with Crippen molar-refractivity contribution < 1.29 is 14.3 Å². The summed E-state index contributed by atoms with van der Waals surface area (Å²) in [4.78, 5) is 25.2. The fourth-order valence-corrected chi connectivity index (χ4v) is 2.46. The molecule has 0 radical (unpaired) electrons. The molecular weight excluding hydrogens is 232 g/mol. The number of carbonyl (C=O) groups is 2. The summed E-state index contributed by atoms with van der Waals surface area (Å²) in [6.07, 6.45) is 3.96. The molecule has 1 heterocycles. The average Bonchev–Trinajstić information content (AvgIpc) is 2.32. The summed E-state index contributed by atoms with van der Waals surface area (Å²) in [5.41, 5.74) is -1.03. The maximum absolute atomic E-state index is 11.9. The van der Waals surface area contributed by atoms with Gasteiger partial charge in [0.15, 0.2) is 5.60 Å². The van der Waals surface area contributed by atoms with Crippen molar-refractivity contribution in [1.29, 1.82) is 5.26 Å². The van der Waals surface area contributed by atoms with E-state index < -0.39 is 17.5 Å². The lowest BCUT2D eigenvalue weighted by molar-refractivity contribution is -0.173. The minimum absolute atomic E-state index is 0.420. The Morgan fingerprint density at radius 3 is 2.61 bits per heavy atom. The van der Waals surface area contributed by atoms with E-state index in [1.165, 1.54) is 0 Å². The Morgan fingerprint density at radius 1 is 1.39 bits per heavy atom. The number of carbonyl (C=O) groups excluding carboxylic acids is 2. The largest absolute Gasteiger partial charge is 0.436 e. The molecule has 5 nitrogen and oxygen atoms in total. The first-order valence-corrected chi connectivity index (χ1v) is 6.50. The van der Waals surface area contributed by atoms with E-state index in [9.17, 15) is 9.59 Å². The Morgan fingerprint density at radius 2 is 2.11 bits per heavy atom. The van der Waals surface area contributed by atoms with Gasteiger partial charge in [0.05, 0.1) is 0 Å². The molecule has 0 aromatic heterocycles. The molecule has 1 amide bonds. The fraction of sp³-hybridized carbons (Fsp3) is 0.769. The number of amides is 1. The Balaban J connectivity index is 1.92. The van der Waals surface area contributed by atoms with Crippen molar-refractivity contribution in [1.82, 2.24) is 4.90 Å². The summed E-state index contributed by atoms with van der Waals surface area (Å²) >= 11 is 0. The van der Waals surface area contributed by atoms with Crippen LogP contribution in [-0.4, -0.2) is 35.5 Å². The Kier molecular flexibility index (Phi) is 3.55. The lowest BCUT2D eigenvalue weighted by Gasteiger charge is -2.35. The Hall–Kier alpha value is -1.57. The minimum atomic E-state index is -1.03. The molecule has 0 N–H and O–H groups in total. The van der Waals surface area contributed by atoms with Gasteiger partial charge in [-0.25, -0.2) is 4.79 Å². The van der Waals surface area contributed by atoms with Crippen LogP contribution in [0.25, 0.3) is 0 Å². The maximum Gasteiger partial charge on any atom is 0.398 e. The van der Waals surface area contributed by atoms with Gasteiger partial charge in [0.25, 0.3) is 0 Å². The summed E-state index contributed by atoms with van der Waals surface area (Å²) in [6, 6.07) is 2.00. The second-order valence-corrected chi connectivity index (χ2v) is 5.35. The number of esters is 1. The lowest BCUT2D eigenvalue weighted by atomic mass is 9.81. The van der Waals surface area contributed by atoms with Crippen molar-refractivity contribution >= 4 is 11.9 Å². The van der Waals surface area contributed by atoms with Gasteiger partial charge in [-0.15, -0.1) is 0 Å². The Labute approximate surface area is 107 Å². The molecule has 98 valence electrons. The van der Waals surface area contributed by atoms with Crippen molar-refractivity contribution in [2.24, 2.45) is 5.92 Å². The minimum Gasteiger partial charge on any atom is -0.436 e. The van der Waals surface area contributed by atoms with Crippen molar-refractivity contribution in [2.45, 2.75) is 44.6 Å². The van der Waals surface area contributed by atoms with E-state index in [2.05, 4.69) is 6.92 Å². The van der Waals surface area contributed by atoms with E-state index in [4.69, 9.17) is 10.00 Å². The van der Waals surface area contributed by atoms with Gasteiger partial charge in [0.2, 0.25) is 0 Å². The third-order valence-corrected chi connectivity index (χ3v) is 3.77. The van der Waals surface area contributed by atoms with E-state index in [0.717, 1.165) is 19.3 Å². The maximum atomic E-state index is 11.9. The van der Waals surface area contributed by atoms with Crippen LogP contribution in [0.4, 0.5) is 0 Å². The van der Waals surface area contributed by atoms with Crippen LogP contribution in [0.5, 0.6) is 0 Å². The summed E-state index contributed by atoms with van der Waals surface area (Å²) in [6.45, 7) is 3.28. The Bertz CT molecular complexity index is 396. The smallest absolute Gasteiger partial charge is 0.398 e. The first-order chi connectivity index (χ1) is 8.56. The topological polar surface area (TPSA) is 70.4 Å². The molecule has 0 unspecified atom stereocenters. The zero-order chi connectivity index (χ0) is 13.2. The standard InChI is InChI=1S/C13H18N2O3/c1-10-4-2-7-15(8-10)11(16)12(17)18-13(9-14)5-3-6-13/h10H,2-8H2,1H3/t10-/m0/s1. The molecule has 2 aliphatic rings. The number of rotatable bonds is 1. The van der Waals surface area contributed by atoms with Crippen LogP contribution in [0, 0.1) is 17.2 Å². The van der Waals surface area contributed by atoms with Gasteiger partial charge in [-0.1, -0.05) is 6.92 Å². The summed E-state index contributed by atoms with van der Waals surface area (Å²) in [7, 11) is 0. The van der Waals surface area contributed by atoms with Crippen LogP contribution in [0.15, 0.2) is 0 Å². The summed E-state index contributed by atoms with van der Waals surface area (Å²) < 4.78 is 5.08. The van der Waals surface area contributed by atoms with Crippen molar-refractivity contribution in [3.63, 3.8) is 0 Å². The molecule has 1 saturated carbocycles. The van der Waals surface area contributed by atoms with E-state index in [0.29, 0.717) is 31.8 Å². The van der Waals surface area contributed by atoms with Crippen molar-refractivity contribution in [3.05, 3.63) is 0 Å². The van der Waals surface area contributed by atoms with Crippen LogP contribution < -0.4 is 0 Å². The zero-order valence-electron chi connectivity index (χ0n) is 10.6. The molecule has 0 aromatic rings. The number of likely N-dealkylation sites (tertiary alicyclic amines) is 1. The van der Waals surface area contributed by atoms with Gasteiger partial charge in [-0.3, -0.25) is 4.79 Å². The van der Waals surface area contributed by atoms with Gasteiger partial charge in [0, 0.05) is 25.9 Å². The molecule has 2 rings (SSSR count). The normalized spacial score (nSPS) is 25.8. The number of piperidine rings is 1. The zero-order valence-corrected chi connectivity index (χ0v) is 10.6. The molecule has 18 heavy (non-hydrogen) atoms. The molecule has 0 spiro atoms. The number of nitrogens with zero attached hydrogens (tertiary/aromatic N) is 2. The average molecular weight is 250 g/mol. The molecule has 1 saturated heterocycles. The second kappa shape index (κ2) is 4.97. The first kappa shape index (κ1) is 12.9. The highest BCUT2D eigenvalue weighted by atomic mass is 16.6. The second-order valence-electron chi connectivity index (χ2n) is 5.35. The summed E-state index contributed by atoms with van der Waals surface area (Å²) in [5, 5.41) is 8.97. The monoisotopic (exact) mass is 250 g/mol. The summed E-state index contributed by atoms with van der Waals surface area (Å²) in [5.74, 6) is -1.04. The van der Waals surface area contributed by atoms with Crippen LogP contribution in [-0.2, 0) is 14.3 Å². The molecule has 5 heteroatoms. The van der Waals surface area contributed by atoms with Gasteiger partial charge in [0.1, 0.15) is 6.07 Å². The van der Waals surface area contributed by atoms with Crippen LogP contribution in [0.2, 0.25) is 0 Å². The van der Waals surface area contributed by atoms with Crippen molar-refractivity contribution in [3.8, 4) is 6.07 Å². The molecule has 1 aliphatic heterocycles. The molecular formula is C13H18N2O3. The highest BCUT2D eigenvalue weighted by Gasteiger charge is 2.43. The van der Waals surface area contributed by atoms with Gasteiger partial charge in [-0.05, 0) is 25.2 Å². The van der Waals surface area contributed by atoms with Crippen molar-refractivity contribution in [2.75, 3.05) is 13.1 Å². The SMILES string of the molecule is C[C@H]1CCCN(C(=O)C(=O)OC2(C#N)CCC2)C1. The quantitative estimate of drug-likeness (QED) is 0.518. The number of hydrogen-bond acceptors (Lipinski definition) is 4. The molecule has 1 aliphatic carbocycles. The number of nitriles is 1. The van der Waals surface area contributed by atoms with Gasteiger partial charge < -0.3 is 9.64 Å². The number of hydrogen-bond donors (Lipinski definition) is 0. The van der Waals surface area contributed by atoms with Gasteiger partial charge >= 0.3 is 11.9 Å². The first-order valence-electron chi connectivity index (χ1n) is 6.50. The van der Waals surface area contributed by atoms with Crippen LogP contribution in [0.3, 0.4) is 0 Å². The van der Waals surface area contributed by atoms with E-state index in [1.54, 1.807) is 4.90 Å². The fourth-order valence-electron chi connectivity index (χ4n) is 2.46. The van der Waals surface area contributed by atoms with Crippen LogP contribution in [0.1, 0.15) is 39.0 Å². The lowest BCUT2D eigenvalue weighted by Crippen LogP contribution is -2.48. The molecule has 0 bridgehead atoms. The molecule has 0 aromatic carbocycles. The highest BCUT2D eigenvalue weighted by molar-refractivity contribution is 6.32. The highest BCUT2D eigenvalue weighted by Crippen LogP contribution is 2.35. The predicted octanol–water partition coefficient (Wildman–Crippen LogP) is 1.23. The number of ether oxygens (including phenoxy) is 1. The van der Waals surface area contributed by atoms with E-state index in [1.807, 2.05) is 6.07 Å². The third kappa shape index (κ3) is 2.47. The van der Waals surface area contributed by atoms with Crippen LogP contribution >= 0.6 is 0 Å². The third-order valence-electron chi connectivity index (χ3n) is 3.77. The molecule has 1 atom stereocenters. The molecule has 2 fully saturated rings. The predicted molar refractivity (Wildman–Crippen MR) is 63.3 cm³/mol. The van der Waals surface area contributed by atoms with Gasteiger partial charge in [-0.2, -0.15) is 5.26 Å². The van der Waals surface area contributed by atoms with E-state index in [-0.39, 0.29) is 0 Å². The van der Waals surface area contributed by atoms with E-state index >= 15 is 0 Å².